The third kappa shape index (κ3) is 1.72. The molecule has 0 aliphatic rings. The Morgan fingerprint density at radius 1 is 1.44 bits per heavy atom. The summed E-state index contributed by atoms with van der Waals surface area (Å²) in [6.45, 7) is 1.88. The number of hydrogen-bond acceptors (Lipinski definition) is 3. The van der Waals surface area contributed by atoms with E-state index in [1.807, 2.05) is 19.1 Å². The van der Waals surface area contributed by atoms with E-state index in [2.05, 4.69) is 10.1 Å². The van der Waals surface area contributed by atoms with Crippen LogP contribution in [0.5, 0.6) is 0 Å². The second-order valence-electron chi connectivity index (χ2n) is 3.46. The Morgan fingerprint density at radius 2 is 2.19 bits per heavy atom. The van der Waals surface area contributed by atoms with Gasteiger partial charge in [-0.3, -0.25) is 14.5 Å². The zero-order chi connectivity index (χ0) is 11.7. The highest BCUT2D eigenvalue weighted by atomic mass is 35.5. The molecule has 5 heteroatoms. The van der Waals surface area contributed by atoms with Crippen molar-refractivity contribution in [1.82, 2.24) is 14.8 Å². The molecule has 0 bridgehead atoms. The van der Waals surface area contributed by atoms with Crippen LogP contribution in [-0.4, -0.2) is 21.1 Å². The van der Waals surface area contributed by atoms with Crippen LogP contribution in [0, 0.1) is 6.92 Å². The molecule has 0 amide bonds. The number of carbonyl (C=O) groups is 1. The van der Waals surface area contributed by atoms with Gasteiger partial charge in [-0.15, -0.1) is 0 Å². The van der Waals surface area contributed by atoms with E-state index < -0.39 is 0 Å². The van der Waals surface area contributed by atoms with Gasteiger partial charge in [-0.2, -0.15) is 5.10 Å². The molecule has 0 aliphatic carbocycles. The molecule has 0 saturated heterocycles. The average molecular weight is 236 g/mol. The normalized spacial score (nSPS) is 10.4. The molecule has 0 fully saturated rings. The molecule has 0 N–H and O–H groups in total. The van der Waals surface area contributed by atoms with Crippen molar-refractivity contribution in [2.24, 2.45) is 7.05 Å². The van der Waals surface area contributed by atoms with Crippen molar-refractivity contribution >= 4 is 17.9 Å². The lowest BCUT2D eigenvalue weighted by atomic mass is 10.2. The van der Waals surface area contributed by atoms with Crippen molar-refractivity contribution in [3.8, 4) is 11.4 Å². The maximum Gasteiger partial charge on any atom is 0.155 e. The maximum atomic E-state index is 11.0. The van der Waals surface area contributed by atoms with Gasteiger partial charge in [0.05, 0.1) is 11.3 Å². The summed E-state index contributed by atoms with van der Waals surface area (Å²) in [4.78, 5) is 15.3. The highest BCUT2D eigenvalue weighted by Gasteiger charge is 2.16. The molecular weight excluding hydrogens is 226 g/mol. The van der Waals surface area contributed by atoms with Gasteiger partial charge in [-0.25, -0.2) is 0 Å². The first-order chi connectivity index (χ1) is 7.63. The Kier molecular flexibility index (Phi) is 2.75. The molecule has 82 valence electrons. The molecule has 0 radical (unpaired) electrons. The van der Waals surface area contributed by atoms with E-state index in [4.69, 9.17) is 11.6 Å². The summed E-state index contributed by atoms with van der Waals surface area (Å²) < 4.78 is 1.46. The van der Waals surface area contributed by atoms with E-state index in [0.29, 0.717) is 28.4 Å². The first-order valence-electron chi connectivity index (χ1n) is 4.75. The highest BCUT2D eigenvalue weighted by molar-refractivity contribution is 6.32. The fourth-order valence-corrected chi connectivity index (χ4v) is 1.66. The number of pyridine rings is 1. The molecule has 0 saturated carbocycles. The van der Waals surface area contributed by atoms with Crippen LogP contribution in [0.1, 0.15) is 16.1 Å². The third-order valence-corrected chi connectivity index (χ3v) is 2.71. The lowest BCUT2D eigenvalue weighted by Gasteiger charge is -1.98. The predicted octanol–water partition coefficient (Wildman–Crippen LogP) is 2.26. The molecule has 0 atom stereocenters. The van der Waals surface area contributed by atoms with Crippen molar-refractivity contribution in [2.75, 3.05) is 0 Å². The highest BCUT2D eigenvalue weighted by Crippen LogP contribution is 2.25. The van der Waals surface area contributed by atoms with Gasteiger partial charge in [-0.05, 0) is 19.1 Å². The molecule has 2 aromatic heterocycles. The van der Waals surface area contributed by atoms with E-state index in [1.165, 1.54) is 4.68 Å². The van der Waals surface area contributed by atoms with E-state index in [1.54, 1.807) is 13.1 Å². The summed E-state index contributed by atoms with van der Waals surface area (Å²) in [5.41, 5.74) is 2.43. The standard InChI is InChI=1S/C11H10ClN3O/c1-7-4-3-5-9(13-7)10-8(6-16)11(12)15(2)14-10/h3-6H,1-2H3. The monoisotopic (exact) mass is 235 g/mol. The minimum Gasteiger partial charge on any atom is -0.298 e. The summed E-state index contributed by atoms with van der Waals surface area (Å²) in [5.74, 6) is 0. The first-order valence-corrected chi connectivity index (χ1v) is 5.13. The van der Waals surface area contributed by atoms with Gasteiger partial charge < -0.3 is 0 Å². The quantitative estimate of drug-likeness (QED) is 0.751. The van der Waals surface area contributed by atoms with Gasteiger partial charge in [0.15, 0.2) is 6.29 Å². The lowest BCUT2D eigenvalue weighted by molar-refractivity contribution is 0.112. The van der Waals surface area contributed by atoms with Crippen molar-refractivity contribution < 1.29 is 4.79 Å². The number of halogens is 1. The maximum absolute atomic E-state index is 11.0. The van der Waals surface area contributed by atoms with Gasteiger partial charge >= 0.3 is 0 Å². The van der Waals surface area contributed by atoms with Crippen LogP contribution in [0.3, 0.4) is 0 Å². The zero-order valence-corrected chi connectivity index (χ0v) is 9.69. The number of hydrogen-bond donors (Lipinski definition) is 0. The average Bonchev–Trinajstić information content (AvgIpc) is 2.55. The number of aldehydes is 1. The minimum atomic E-state index is 0.327. The van der Waals surface area contributed by atoms with Crippen molar-refractivity contribution in [3.63, 3.8) is 0 Å². The molecule has 16 heavy (non-hydrogen) atoms. The largest absolute Gasteiger partial charge is 0.298 e. The zero-order valence-electron chi connectivity index (χ0n) is 8.94. The Labute approximate surface area is 97.9 Å². The van der Waals surface area contributed by atoms with Gasteiger partial charge in [0.1, 0.15) is 10.8 Å². The topological polar surface area (TPSA) is 47.8 Å². The van der Waals surface area contributed by atoms with Crippen LogP contribution in [0.25, 0.3) is 11.4 Å². The molecule has 2 heterocycles. The molecule has 0 unspecified atom stereocenters. The Hall–Kier alpha value is -1.68. The Balaban J connectivity index is 2.64. The SMILES string of the molecule is Cc1cccc(-c2nn(C)c(Cl)c2C=O)n1. The van der Waals surface area contributed by atoms with Crippen molar-refractivity contribution in [3.05, 3.63) is 34.6 Å². The summed E-state index contributed by atoms with van der Waals surface area (Å²) in [6, 6.07) is 5.56. The second kappa shape index (κ2) is 4.06. The number of nitrogens with zero attached hydrogens (tertiary/aromatic N) is 3. The van der Waals surface area contributed by atoms with E-state index in [0.717, 1.165) is 5.69 Å². The van der Waals surface area contributed by atoms with Crippen LogP contribution in [0.2, 0.25) is 5.15 Å². The van der Waals surface area contributed by atoms with Crippen LogP contribution < -0.4 is 0 Å². The molecule has 0 aromatic carbocycles. The van der Waals surface area contributed by atoms with Crippen LogP contribution >= 0.6 is 11.6 Å². The van der Waals surface area contributed by atoms with Crippen LogP contribution in [0.4, 0.5) is 0 Å². The third-order valence-electron chi connectivity index (χ3n) is 2.26. The summed E-state index contributed by atoms with van der Waals surface area (Å²) in [7, 11) is 1.69. The smallest absolute Gasteiger partial charge is 0.155 e. The van der Waals surface area contributed by atoms with Crippen LogP contribution in [0.15, 0.2) is 18.2 Å². The van der Waals surface area contributed by atoms with Crippen molar-refractivity contribution in [1.29, 1.82) is 0 Å². The Bertz CT molecular complexity index is 548. The van der Waals surface area contributed by atoms with Gasteiger partial charge in [0.2, 0.25) is 0 Å². The minimum absolute atomic E-state index is 0.327. The number of rotatable bonds is 2. The number of aromatic nitrogens is 3. The second-order valence-corrected chi connectivity index (χ2v) is 3.82. The van der Waals surface area contributed by atoms with Crippen LogP contribution in [-0.2, 0) is 7.05 Å². The Morgan fingerprint density at radius 3 is 2.81 bits per heavy atom. The van der Waals surface area contributed by atoms with Crippen molar-refractivity contribution in [2.45, 2.75) is 6.92 Å². The van der Waals surface area contributed by atoms with Gasteiger partial charge in [-0.1, -0.05) is 17.7 Å². The molecule has 0 aliphatic heterocycles. The van der Waals surface area contributed by atoms with E-state index in [9.17, 15) is 4.79 Å². The number of carbonyl (C=O) groups excluding carboxylic acids is 1. The predicted molar refractivity (Wildman–Crippen MR) is 61.6 cm³/mol. The summed E-state index contributed by atoms with van der Waals surface area (Å²) in [6.07, 6.45) is 0.703. The van der Waals surface area contributed by atoms with E-state index >= 15 is 0 Å². The summed E-state index contributed by atoms with van der Waals surface area (Å²) in [5, 5.41) is 4.51. The molecular formula is C11H10ClN3O. The fraction of sp³-hybridized carbons (Fsp3) is 0.182. The molecule has 0 spiro atoms. The van der Waals surface area contributed by atoms with Gasteiger partial charge in [0.25, 0.3) is 0 Å². The fourth-order valence-electron chi connectivity index (χ4n) is 1.49. The molecule has 2 aromatic rings. The lowest BCUT2D eigenvalue weighted by Crippen LogP contribution is -1.91. The van der Waals surface area contributed by atoms with Gasteiger partial charge in [0, 0.05) is 12.7 Å². The molecule has 2 rings (SSSR count). The molecule has 4 nitrogen and oxygen atoms in total. The number of aryl methyl sites for hydroxylation is 2. The first kappa shape index (κ1) is 10.8. The van der Waals surface area contributed by atoms with E-state index in [-0.39, 0.29) is 0 Å². The summed E-state index contributed by atoms with van der Waals surface area (Å²) >= 11 is 5.95.